The van der Waals surface area contributed by atoms with Crippen molar-refractivity contribution in [2.24, 2.45) is 0 Å². The summed E-state index contributed by atoms with van der Waals surface area (Å²) in [5.74, 6) is -0.860. The van der Waals surface area contributed by atoms with Crippen LogP contribution in [0.1, 0.15) is 36.2 Å². The van der Waals surface area contributed by atoms with Gasteiger partial charge in [-0.05, 0) is 58.1 Å². The molecule has 2 aliphatic heterocycles. The number of halogens is 3. The second kappa shape index (κ2) is 12.0. The number of nitrogens with one attached hydrogen (secondary N) is 3. The Bertz CT molecular complexity index is 1470. The highest BCUT2D eigenvalue weighted by atomic mass is 35.5. The first-order valence-corrected chi connectivity index (χ1v) is 15.6. The summed E-state index contributed by atoms with van der Waals surface area (Å²) in [5, 5.41) is 14.5. The van der Waals surface area contributed by atoms with Crippen molar-refractivity contribution in [2.45, 2.75) is 31.8 Å². The molecule has 40 heavy (non-hydrogen) atoms. The van der Waals surface area contributed by atoms with E-state index in [1.807, 2.05) is 18.5 Å². The number of benzene rings is 1. The molecule has 0 saturated carbocycles. The van der Waals surface area contributed by atoms with Crippen molar-refractivity contribution in [1.29, 1.82) is 0 Å². The molecule has 2 atom stereocenters. The Morgan fingerprint density at radius 3 is 2.65 bits per heavy atom. The minimum atomic E-state index is -0.461. The number of carbonyl (C=O) groups excluding carboxylic acids is 2. The molecule has 212 valence electrons. The first kappa shape index (κ1) is 29.3. The lowest BCUT2D eigenvalue weighted by molar-refractivity contribution is -0.138. The third-order valence-electron chi connectivity index (χ3n) is 7.22. The first-order valence-electron chi connectivity index (χ1n) is 12.7. The Morgan fingerprint density at radius 1 is 1.27 bits per heavy atom. The molecule has 0 spiro atoms. The van der Waals surface area contributed by atoms with Gasteiger partial charge in [0.25, 0.3) is 5.91 Å². The second-order valence-electron chi connectivity index (χ2n) is 9.70. The summed E-state index contributed by atoms with van der Waals surface area (Å²) in [7, 11) is 2.01. The number of thiophene rings is 1. The molecule has 4 heterocycles. The number of esters is 1. The van der Waals surface area contributed by atoms with Crippen LogP contribution in [0.25, 0.3) is 16.6 Å². The zero-order valence-electron chi connectivity index (χ0n) is 22.1. The van der Waals surface area contributed by atoms with E-state index in [-0.39, 0.29) is 27.8 Å². The Hall–Kier alpha value is -2.18. The highest BCUT2D eigenvalue weighted by Crippen LogP contribution is 2.45. The van der Waals surface area contributed by atoms with Gasteiger partial charge in [-0.15, -0.1) is 11.3 Å². The zero-order valence-corrected chi connectivity index (χ0v) is 26.0. The molecular weight excluding hydrogens is 613 g/mol. The van der Waals surface area contributed by atoms with Crippen LogP contribution in [0.3, 0.4) is 0 Å². The predicted molar refractivity (Wildman–Crippen MR) is 166 cm³/mol. The molecule has 2 aromatic heterocycles. The summed E-state index contributed by atoms with van der Waals surface area (Å²) >= 11 is 22.1. The summed E-state index contributed by atoms with van der Waals surface area (Å²) in [6.07, 6.45) is 2.59. The summed E-state index contributed by atoms with van der Waals surface area (Å²) < 4.78 is 5.02. The van der Waals surface area contributed by atoms with Crippen molar-refractivity contribution in [3.05, 3.63) is 55.3 Å². The molecule has 3 aromatic rings. The molecule has 1 amide bonds. The van der Waals surface area contributed by atoms with Crippen LogP contribution in [0, 0.1) is 0 Å². The number of nitrogens with zero attached hydrogens (tertiary/aromatic N) is 2. The number of fused-ring (bicyclic) bond motifs is 1. The quantitative estimate of drug-likeness (QED) is 0.200. The van der Waals surface area contributed by atoms with Crippen molar-refractivity contribution in [2.75, 3.05) is 43.5 Å². The number of hydrogen-bond acceptors (Lipinski definition) is 9. The molecule has 13 heteroatoms. The average Bonchev–Trinajstić information content (AvgIpc) is 3.68. The van der Waals surface area contributed by atoms with E-state index in [9.17, 15) is 9.59 Å². The van der Waals surface area contributed by atoms with Crippen LogP contribution in [-0.2, 0) is 9.53 Å². The normalized spacial score (nSPS) is 20.6. The van der Waals surface area contributed by atoms with Gasteiger partial charge in [0.2, 0.25) is 0 Å². The first-order chi connectivity index (χ1) is 19.1. The molecule has 5 rings (SSSR count). The fourth-order valence-corrected chi connectivity index (χ4v) is 7.86. The number of likely N-dealkylation sites (N-methyl/N-ethyl adjacent to an activating group) is 1. The van der Waals surface area contributed by atoms with Gasteiger partial charge in [0.05, 0.1) is 32.1 Å². The number of carbonyl (C=O) groups is 2. The van der Waals surface area contributed by atoms with Gasteiger partial charge in [0, 0.05) is 41.2 Å². The number of rotatable bonds is 8. The summed E-state index contributed by atoms with van der Waals surface area (Å²) in [5.41, 5.74) is 1.83. The second-order valence-corrected chi connectivity index (χ2v) is 12.8. The molecule has 0 aliphatic carbocycles. The van der Waals surface area contributed by atoms with Crippen molar-refractivity contribution in [3.63, 3.8) is 0 Å². The van der Waals surface area contributed by atoms with Crippen LogP contribution in [0.15, 0.2) is 29.2 Å². The van der Waals surface area contributed by atoms with Gasteiger partial charge >= 0.3 is 5.97 Å². The van der Waals surface area contributed by atoms with Crippen molar-refractivity contribution < 1.29 is 14.3 Å². The average molecular weight is 641 g/mol. The maximum atomic E-state index is 13.3. The van der Waals surface area contributed by atoms with Gasteiger partial charge in [-0.2, -0.15) is 0 Å². The molecule has 0 bridgehead atoms. The summed E-state index contributed by atoms with van der Waals surface area (Å²) in [6.45, 7) is 6.25. The van der Waals surface area contributed by atoms with Crippen LogP contribution >= 0.6 is 57.5 Å². The Labute approximate surface area is 255 Å². The van der Waals surface area contributed by atoms with E-state index in [0.717, 1.165) is 41.6 Å². The topological polar surface area (TPSA) is 95.6 Å². The van der Waals surface area contributed by atoms with Crippen LogP contribution < -0.4 is 20.9 Å². The smallest absolute Gasteiger partial charge is 0.333 e. The van der Waals surface area contributed by atoms with Crippen LogP contribution in [-0.4, -0.2) is 61.7 Å². The fraction of sp³-hybridized carbons (Fsp3) is 0.370. The van der Waals surface area contributed by atoms with Crippen LogP contribution in [0.2, 0.25) is 15.1 Å². The molecular formula is C27H28Cl3N5O3S2. The van der Waals surface area contributed by atoms with Gasteiger partial charge < -0.3 is 20.3 Å². The molecule has 8 nitrogen and oxygen atoms in total. The highest BCUT2D eigenvalue weighted by Gasteiger charge is 2.49. The third-order valence-corrected chi connectivity index (χ3v) is 10.2. The van der Waals surface area contributed by atoms with E-state index in [2.05, 4.69) is 20.9 Å². The number of thiazole rings is 1. The van der Waals surface area contributed by atoms with E-state index in [0.29, 0.717) is 27.3 Å². The van der Waals surface area contributed by atoms with Gasteiger partial charge in [0.1, 0.15) is 10.7 Å². The third kappa shape index (κ3) is 5.76. The number of aromatic nitrogens is 1. The maximum Gasteiger partial charge on any atom is 0.333 e. The van der Waals surface area contributed by atoms with Crippen molar-refractivity contribution >= 4 is 85.6 Å². The lowest BCUT2D eigenvalue weighted by atomic mass is 9.94. The van der Waals surface area contributed by atoms with Gasteiger partial charge in [-0.1, -0.05) is 46.1 Å². The van der Waals surface area contributed by atoms with Crippen molar-refractivity contribution in [1.82, 2.24) is 15.6 Å². The van der Waals surface area contributed by atoms with Gasteiger partial charge in [-0.3, -0.25) is 10.1 Å². The number of anilines is 2. The standard InChI is InChI=1S/C27H28Cl3N5O3S2/c1-4-38-25(37)14(2)7-17-18(29)8-15(9-19(17)30)23(36)34-26-33-22(20-10-16(28)12-39-20)24(40-26)35-11-21-27(13-35,31-3)5-6-32-21/h7-10,12,21,31-32H,4-6,11,13H2,1-3H3,(H,33,34,36)/b14-7+/t21-,27-/m0/s1. The SMILES string of the molecule is CCOC(=O)/C(C)=C/c1c(Cl)cc(C(=O)Nc2nc(-c3cc(Cl)cs3)c(N3C[C@@H]4NCC[C@]4(NC)C3)s2)cc1Cl. The molecule has 2 aliphatic rings. The summed E-state index contributed by atoms with van der Waals surface area (Å²) in [6, 6.07) is 5.25. The molecule has 1 aromatic carbocycles. The van der Waals surface area contributed by atoms with E-state index in [1.54, 1.807) is 19.9 Å². The molecule has 2 fully saturated rings. The monoisotopic (exact) mass is 639 g/mol. The zero-order chi connectivity index (χ0) is 28.6. The highest BCUT2D eigenvalue weighted by molar-refractivity contribution is 7.21. The number of amides is 1. The van der Waals surface area contributed by atoms with Crippen molar-refractivity contribution in [3.8, 4) is 10.6 Å². The van der Waals surface area contributed by atoms with E-state index < -0.39 is 11.9 Å². The number of hydrogen-bond donors (Lipinski definition) is 3. The number of ether oxygens (including phenoxy) is 1. The van der Waals surface area contributed by atoms with E-state index in [4.69, 9.17) is 44.5 Å². The van der Waals surface area contributed by atoms with Gasteiger partial charge in [0.15, 0.2) is 5.13 Å². The molecule has 2 saturated heterocycles. The Balaban J connectivity index is 1.41. The van der Waals surface area contributed by atoms with Crippen LogP contribution in [0.4, 0.5) is 10.1 Å². The largest absolute Gasteiger partial charge is 0.463 e. The van der Waals surface area contributed by atoms with E-state index in [1.165, 1.54) is 34.8 Å². The Morgan fingerprint density at radius 2 is 2.02 bits per heavy atom. The Kier molecular flexibility index (Phi) is 8.77. The fourth-order valence-electron chi connectivity index (χ4n) is 5.15. The molecule has 0 radical (unpaired) electrons. The minimum Gasteiger partial charge on any atom is -0.463 e. The van der Waals surface area contributed by atoms with Crippen LogP contribution in [0.5, 0.6) is 0 Å². The predicted octanol–water partition coefficient (Wildman–Crippen LogP) is 6.19. The molecule has 3 N–H and O–H groups in total. The minimum absolute atomic E-state index is 0.00686. The lowest BCUT2D eigenvalue weighted by Gasteiger charge is -2.27. The maximum absolute atomic E-state index is 13.3. The molecule has 0 unspecified atom stereocenters. The van der Waals surface area contributed by atoms with Gasteiger partial charge in [-0.25, -0.2) is 9.78 Å². The van der Waals surface area contributed by atoms with E-state index >= 15 is 0 Å². The summed E-state index contributed by atoms with van der Waals surface area (Å²) in [4.78, 5) is 33.4. The lowest BCUT2D eigenvalue weighted by Crippen LogP contribution is -2.51.